The maximum atomic E-state index is 12.1. The van der Waals surface area contributed by atoms with Crippen LogP contribution in [0.2, 0.25) is 0 Å². The molecule has 3 aliphatic rings. The van der Waals surface area contributed by atoms with Gasteiger partial charge in [-0.1, -0.05) is 6.42 Å². The van der Waals surface area contributed by atoms with Gasteiger partial charge in [-0.3, -0.25) is 14.4 Å². The summed E-state index contributed by atoms with van der Waals surface area (Å²) in [6.07, 6.45) is 6.72. The first-order chi connectivity index (χ1) is 13.0. The molecule has 1 aromatic rings. The maximum absolute atomic E-state index is 12.1. The van der Waals surface area contributed by atoms with Gasteiger partial charge in [0.1, 0.15) is 0 Å². The molecule has 0 spiro atoms. The predicted molar refractivity (Wildman–Crippen MR) is 104 cm³/mol. The van der Waals surface area contributed by atoms with Crippen LogP contribution in [-0.4, -0.2) is 45.9 Å². The molecule has 1 saturated carbocycles. The number of aromatic nitrogens is 2. The van der Waals surface area contributed by atoms with Gasteiger partial charge in [0.2, 0.25) is 5.91 Å². The fraction of sp³-hybridized carbons (Fsp3) is 0.810. The van der Waals surface area contributed by atoms with E-state index in [9.17, 15) is 4.79 Å². The van der Waals surface area contributed by atoms with E-state index in [1.807, 2.05) is 0 Å². The number of hydrogen-bond donors (Lipinski definition) is 1. The van der Waals surface area contributed by atoms with Gasteiger partial charge in [0.05, 0.1) is 23.5 Å². The fourth-order valence-corrected chi connectivity index (χ4v) is 4.70. The van der Waals surface area contributed by atoms with Crippen LogP contribution in [0.5, 0.6) is 0 Å². The van der Waals surface area contributed by atoms with E-state index in [-0.39, 0.29) is 17.4 Å². The molecule has 2 fully saturated rings. The highest BCUT2D eigenvalue weighted by atomic mass is 16.5. The second-order valence-corrected chi connectivity index (χ2v) is 9.25. The molecule has 1 unspecified atom stereocenters. The molecule has 27 heavy (non-hydrogen) atoms. The molecule has 4 rings (SSSR count). The average Bonchev–Trinajstić information content (AvgIpc) is 2.83. The third kappa shape index (κ3) is 4.72. The number of fused-ring (bicyclic) bond motifs is 1. The molecule has 6 nitrogen and oxygen atoms in total. The molecule has 0 bridgehead atoms. The Morgan fingerprint density at radius 2 is 2.15 bits per heavy atom. The van der Waals surface area contributed by atoms with Crippen molar-refractivity contribution in [1.82, 2.24) is 20.0 Å². The van der Waals surface area contributed by atoms with Gasteiger partial charge in [-0.2, -0.15) is 5.10 Å². The molecular weight excluding hydrogens is 340 g/mol. The Kier molecular flexibility index (Phi) is 5.55. The van der Waals surface area contributed by atoms with E-state index < -0.39 is 0 Å². The highest BCUT2D eigenvalue weighted by Gasteiger charge is 2.30. The van der Waals surface area contributed by atoms with Crippen LogP contribution in [0.4, 0.5) is 0 Å². The van der Waals surface area contributed by atoms with Crippen LogP contribution >= 0.6 is 0 Å². The number of hydrogen-bond acceptors (Lipinski definition) is 4. The molecule has 3 heterocycles. The first kappa shape index (κ1) is 18.9. The van der Waals surface area contributed by atoms with Crippen LogP contribution in [-0.2, 0) is 29.2 Å². The zero-order valence-electron chi connectivity index (χ0n) is 16.9. The summed E-state index contributed by atoms with van der Waals surface area (Å²) in [6, 6.07) is 2.19. The zero-order chi connectivity index (χ0) is 18.9. The largest absolute Gasteiger partial charge is 0.376 e. The van der Waals surface area contributed by atoms with E-state index in [1.165, 1.54) is 12.1 Å². The van der Waals surface area contributed by atoms with Gasteiger partial charge in [-0.15, -0.1) is 0 Å². The summed E-state index contributed by atoms with van der Waals surface area (Å²) in [5, 5.41) is 7.81. The van der Waals surface area contributed by atoms with Crippen LogP contribution in [0.3, 0.4) is 0 Å². The first-order valence-electron chi connectivity index (χ1n) is 10.7. The lowest BCUT2D eigenvalue weighted by molar-refractivity contribution is -0.127. The molecule has 0 radical (unpaired) electrons. The molecule has 1 saturated heterocycles. The van der Waals surface area contributed by atoms with Crippen molar-refractivity contribution >= 4 is 5.91 Å². The average molecular weight is 375 g/mol. The number of ether oxygens (including phenoxy) is 1. The number of carbonyl (C=O) groups excluding carboxylic acids is 1. The van der Waals surface area contributed by atoms with Gasteiger partial charge < -0.3 is 10.1 Å². The van der Waals surface area contributed by atoms with Gasteiger partial charge in [0.25, 0.3) is 0 Å². The van der Waals surface area contributed by atoms with E-state index in [0.29, 0.717) is 12.5 Å². The molecule has 150 valence electrons. The standard InChI is InChI=1S/C21H34N4O2/c1-21(2)12-16(7-10-27-21)14-24-8-4-9-25-19(15-24)11-18(23-25)13-22-20(26)17-5-3-6-17/h11,16-17H,3-10,12-15H2,1-2H3,(H,22,26). The summed E-state index contributed by atoms with van der Waals surface area (Å²) in [5.41, 5.74) is 2.29. The van der Waals surface area contributed by atoms with Gasteiger partial charge in [-0.05, 0) is 57.9 Å². The molecule has 1 N–H and O–H groups in total. The quantitative estimate of drug-likeness (QED) is 0.861. The Labute approximate surface area is 162 Å². The summed E-state index contributed by atoms with van der Waals surface area (Å²) in [4.78, 5) is 14.6. The fourth-order valence-electron chi connectivity index (χ4n) is 4.70. The predicted octanol–water partition coefficient (Wildman–Crippen LogP) is 2.71. The smallest absolute Gasteiger partial charge is 0.223 e. The van der Waals surface area contributed by atoms with Crippen molar-refractivity contribution in [3.05, 3.63) is 17.5 Å². The van der Waals surface area contributed by atoms with Gasteiger partial charge >= 0.3 is 0 Å². The third-order valence-electron chi connectivity index (χ3n) is 6.38. The Hall–Kier alpha value is -1.40. The molecule has 1 aliphatic carbocycles. The topological polar surface area (TPSA) is 59.4 Å². The number of nitrogens with one attached hydrogen (secondary N) is 1. The van der Waals surface area contributed by atoms with Crippen LogP contribution in [0.15, 0.2) is 6.07 Å². The summed E-state index contributed by atoms with van der Waals surface area (Å²) in [7, 11) is 0. The number of nitrogens with zero attached hydrogens (tertiary/aromatic N) is 3. The Bertz CT molecular complexity index is 665. The van der Waals surface area contributed by atoms with Crippen molar-refractivity contribution in [3.63, 3.8) is 0 Å². The zero-order valence-corrected chi connectivity index (χ0v) is 16.9. The second-order valence-electron chi connectivity index (χ2n) is 9.25. The van der Waals surface area contributed by atoms with Crippen molar-refractivity contribution in [2.45, 2.75) is 77.6 Å². The van der Waals surface area contributed by atoms with Crippen molar-refractivity contribution in [2.75, 3.05) is 19.7 Å². The van der Waals surface area contributed by atoms with Crippen molar-refractivity contribution in [2.24, 2.45) is 11.8 Å². The highest BCUT2D eigenvalue weighted by Crippen LogP contribution is 2.30. The lowest BCUT2D eigenvalue weighted by atomic mass is 9.85. The Morgan fingerprint density at radius 1 is 1.30 bits per heavy atom. The molecule has 1 amide bonds. The SMILES string of the molecule is CC1(C)CC(CN2CCCn3nc(CNC(=O)C4CCC4)cc3C2)CCO1. The lowest BCUT2D eigenvalue weighted by Crippen LogP contribution is -2.39. The minimum Gasteiger partial charge on any atom is -0.376 e. The molecule has 1 aromatic heterocycles. The molecule has 0 aromatic carbocycles. The van der Waals surface area contributed by atoms with E-state index in [4.69, 9.17) is 9.84 Å². The van der Waals surface area contributed by atoms with Crippen LogP contribution < -0.4 is 5.32 Å². The van der Waals surface area contributed by atoms with Crippen molar-refractivity contribution in [3.8, 4) is 0 Å². The van der Waals surface area contributed by atoms with Gasteiger partial charge in [-0.25, -0.2) is 0 Å². The van der Waals surface area contributed by atoms with E-state index >= 15 is 0 Å². The summed E-state index contributed by atoms with van der Waals surface area (Å²) in [5.74, 6) is 1.15. The van der Waals surface area contributed by atoms with Crippen LogP contribution in [0.1, 0.15) is 63.8 Å². The van der Waals surface area contributed by atoms with Crippen LogP contribution in [0, 0.1) is 11.8 Å². The normalized spacial score (nSPS) is 26.1. The second kappa shape index (κ2) is 7.92. The Morgan fingerprint density at radius 3 is 2.89 bits per heavy atom. The molecule has 1 atom stereocenters. The lowest BCUT2D eigenvalue weighted by Gasteiger charge is -2.37. The summed E-state index contributed by atoms with van der Waals surface area (Å²) < 4.78 is 8.03. The minimum atomic E-state index is 0.0162. The van der Waals surface area contributed by atoms with Crippen LogP contribution in [0.25, 0.3) is 0 Å². The third-order valence-corrected chi connectivity index (χ3v) is 6.38. The molecule has 6 heteroatoms. The summed E-state index contributed by atoms with van der Waals surface area (Å²) >= 11 is 0. The molecule has 2 aliphatic heterocycles. The summed E-state index contributed by atoms with van der Waals surface area (Å²) in [6.45, 7) is 10.1. The monoisotopic (exact) mass is 374 g/mol. The first-order valence-corrected chi connectivity index (χ1v) is 10.7. The minimum absolute atomic E-state index is 0.0162. The Balaban J connectivity index is 1.33. The number of carbonyl (C=O) groups is 1. The highest BCUT2D eigenvalue weighted by molar-refractivity contribution is 5.79. The van der Waals surface area contributed by atoms with E-state index in [2.05, 4.69) is 34.8 Å². The van der Waals surface area contributed by atoms with Gasteiger partial charge in [0, 0.05) is 38.7 Å². The number of aryl methyl sites for hydroxylation is 1. The molecular formula is C21H34N4O2. The number of amides is 1. The van der Waals surface area contributed by atoms with Crippen molar-refractivity contribution in [1.29, 1.82) is 0 Å². The van der Waals surface area contributed by atoms with E-state index in [0.717, 1.165) is 70.6 Å². The number of rotatable bonds is 5. The maximum Gasteiger partial charge on any atom is 0.223 e. The van der Waals surface area contributed by atoms with Crippen molar-refractivity contribution < 1.29 is 9.53 Å². The van der Waals surface area contributed by atoms with E-state index in [1.54, 1.807) is 0 Å². The van der Waals surface area contributed by atoms with Gasteiger partial charge in [0.15, 0.2) is 0 Å².